The maximum Gasteiger partial charge on any atom is 0.252 e. The molecule has 2 rings (SSSR count). The van der Waals surface area contributed by atoms with Gasteiger partial charge in [0.1, 0.15) is 4.21 Å². The van der Waals surface area contributed by atoms with E-state index in [-0.39, 0.29) is 6.04 Å². The highest BCUT2D eigenvalue weighted by molar-refractivity contribution is 7.91. The second-order valence-electron chi connectivity index (χ2n) is 4.74. The highest BCUT2D eigenvalue weighted by Crippen LogP contribution is 2.29. The molecule has 0 unspecified atom stereocenters. The number of sulfonamides is 1. The molecular weight excluding hydrogens is 268 g/mol. The standard InChI is InChI=1S/C12H20N2O2S2/c1-14(10-5-3-2-4-6-10)18(15,16)12-8-7-11(9-13)17-12/h7-8,10H,2-6,9,13H2,1H3. The topological polar surface area (TPSA) is 63.4 Å². The second-order valence-corrected chi connectivity index (χ2v) is 8.13. The van der Waals surface area contributed by atoms with Gasteiger partial charge in [-0.2, -0.15) is 4.31 Å². The van der Waals surface area contributed by atoms with Crippen molar-refractivity contribution in [1.29, 1.82) is 0 Å². The van der Waals surface area contributed by atoms with Crippen molar-refractivity contribution in [2.45, 2.75) is 48.9 Å². The van der Waals surface area contributed by atoms with E-state index in [1.807, 2.05) is 0 Å². The summed E-state index contributed by atoms with van der Waals surface area (Å²) in [5.74, 6) is 0. The van der Waals surface area contributed by atoms with E-state index in [0.717, 1.165) is 30.6 Å². The minimum atomic E-state index is -3.33. The summed E-state index contributed by atoms with van der Waals surface area (Å²) in [6.45, 7) is 0.396. The Balaban J connectivity index is 2.18. The maximum absolute atomic E-state index is 12.5. The average Bonchev–Trinajstić information content (AvgIpc) is 2.88. The number of nitrogens with two attached hydrogens (primary N) is 1. The lowest BCUT2D eigenvalue weighted by Gasteiger charge is -2.29. The van der Waals surface area contributed by atoms with E-state index in [9.17, 15) is 8.42 Å². The molecule has 102 valence electrons. The molecular formula is C12H20N2O2S2. The molecule has 18 heavy (non-hydrogen) atoms. The van der Waals surface area contributed by atoms with Crippen molar-refractivity contribution in [3.63, 3.8) is 0 Å². The van der Waals surface area contributed by atoms with E-state index in [4.69, 9.17) is 5.73 Å². The lowest BCUT2D eigenvalue weighted by molar-refractivity contribution is 0.286. The molecule has 4 nitrogen and oxygen atoms in total. The molecule has 2 N–H and O–H groups in total. The van der Waals surface area contributed by atoms with Crippen molar-refractivity contribution in [2.75, 3.05) is 7.05 Å². The minimum Gasteiger partial charge on any atom is -0.326 e. The van der Waals surface area contributed by atoms with E-state index in [1.165, 1.54) is 17.8 Å². The quantitative estimate of drug-likeness (QED) is 0.923. The van der Waals surface area contributed by atoms with Crippen molar-refractivity contribution in [2.24, 2.45) is 5.73 Å². The summed E-state index contributed by atoms with van der Waals surface area (Å²) in [5.41, 5.74) is 5.53. The summed E-state index contributed by atoms with van der Waals surface area (Å²) in [7, 11) is -1.63. The maximum atomic E-state index is 12.5. The highest BCUT2D eigenvalue weighted by Gasteiger charge is 2.29. The van der Waals surface area contributed by atoms with Crippen LogP contribution in [0.4, 0.5) is 0 Å². The number of nitrogens with zero attached hydrogens (tertiary/aromatic N) is 1. The van der Waals surface area contributed by atoms with Gasteiger partial charge in [-0.25, -0.2) is 8.42 Å². The Morgan fingerprint density at radius 2 is 2.00 bits per heavy atom. The van der Waals surface area contributed by atoms with Crippen LogP contribution in [0.25, 0.3) is 0 Å². The van der Waals surface area contributed by atoms with Crippen LogP contribution in [-0.2, 0) is 16.6 Å². The predicted molar refractivity (Wildman–Crippen MR) is 74.0 cm³/mol. The Hall–Kier alpha value is -0.430. The second kappa shape index (κ2) is 5.69. The van der Waals surface area contributed by atoms with Gasteiger partial charge in [-0.05, 0) is 25.0 Å². The lowest BCUT2D eigenvalue weighted by Crippen LogP contribution is -2.37. The molecule has 0 saturated heterocycles. The Bertz CT molecular complexity index is 490. The normalized spacial score (nSPS) is 18.4. The van der Waals surface area contributed by atoms with Crippen molar-refractivity contribution >= 4 is 21.4 Å². The van der Waals surface area contributed by atoms with Crippen LogP contribution in [-0.4, -0.2) is 25.8 Å². The SMILES string of the molecule is CN(C1CCCCC1)S(=O)(=O)c1ccc(CN)s1. The third kappa shape index (κ3) is 2.77. The number of rotatable bonds is 4. The van der Waals surface area contributed by atoms with E-state index < -0.39 is 10.0 Å². The van der Waals surface area contributed by atoms with Crippen molar-refractivity contribution in [3.8, 4) is 0 Å². The summed E-state index contributed by atoms with van der Waals surface area (Å²) in [6, 6.07) is 3.63. The first-order chi connectivity index (χ1) is 8.55. The third-order valence-corrected chi connectivity index (χ3v) is 7.05. The molecule has 0 atom stereocenters. The monoisotopic (exact) mass is 288 g/mol. The van der Waals surface area contributed by atoms with Crippen LogP contribution in [0.5, 0.6) is 0 Å². The molecule has 0 radical (unpaired) electrons. The van der Waals surface area contributed by atoms with E-state index >= 15 is 0 Å². The summed E-state index contributed by atoms with van der Waals surface area (Å²) in [6.07, 6.45) is 5.43. The van der Waals surface area contributed by atoms with Gasteiger partial charge >= 0.3 is 0 Å². The zero-order chi connectivity index (χ0) is 13.2. The molecule has 1 heterocycles. The summed E-state index contributed by atoms with van der Waals surface area (Å²) < 4.78 is 26.9. The van der Waals surface area contributed by atoms with Gasteiger partial charge in [-0.1, -0.05) is 19.3 Å². The largest absolute Gasteiger partial charge is 0.326 e. The number of thiophene rings is 1. The van der Waals surface area contributed by atoms with Gasteiger partial charge < -0.3 is 5.73 Å². The Kier molecular flexibility index (Phi) is 4.42. The fraction of sp³-hybridized carbons (Fsp3) is 0.667. The van der Waals surface area contributed by atoms with Gasteiger partial charge in [0.15, 0.2) is 0 Å². The molecule has 0 spiro atoms. The molecule has 0 aliphatic heterocycles. The third-order valence-electron chi connectivity index (χ3n) is 3.56. The van der Waals surface area contributed by atoms with Crippen LogP contribution in [0.3, 0.4) is 0 Å². The van der Waals surface area contributed by atoms with Gasteiger partial charge in [-0.3, -0.25) is 0 Å². The first-order valence-electron chi connectivity index (χ1n) is 6.32. The van der Waals surface area contributed by atoms with Crippen LogP contribution < -0.4 is 5.73 Å². The summed E-state index contributed by atoms with van der Waals surface area (Å²) >= 11 is 1.28. The van der Waals surface area contributed by atoms with Crippen LogP contribution in [0.15, 0.2) is 16.3 Å². The van der Waals surface area contributed by atoms with Gasteiger partial charge in [0.25, 0.3) is 10.0 Å². The number of hydrogen-bond acceptors (Lipinski definition) is 4. The van der Waals surface area contributed by atoms with E-state index in [2.05, 4.69) is 0 Å². The van der Waals surface area contributed by atoms with Gasteiger partial charge in [0, 0.05) is 24.5 Å². The molecule has 0 amide bonds. The fourth-order valence-corrected chi connectivity index (χ4v) is 5.23. The van der Waals surface area contributed by atoms with Crippen molar-refractivity contribution in [1.82, 2.24) is 4.31 Å². The van der Waals surface area contributed by atoms with Crippen LogP contribution in [0.2, 0.25) is 0 Å². The molecule has 1 aliphatic carbocycles. The Labute approximate surface area is 113 Å². The zero-order valence-electron chi connectivity index (χ0n) is 10.6. The minimum absolute atomic E-state index is 0.159. The van der Waals surface area contributed by atoms with Gasteiger partial charge in [0.05, 0.1) is 0 Å². The van der Waals surface area contributed by atoms with Crippen molar-refractivity contribution < 1.29 is 8.42 Å². The Morgan fingerprint density at radius 3 is 2.56 bits per heavy atom. The fourth-order valence-electron chi connectivity index (χ4n) is 2.39. The van der Waals surface area contributed by atoms with Crippen LogP contribution in [0, 0.1) is 0 Å². The molecule has 1 aliphatic rings. The predicted octanol–water partition coefficient (Wildman–Crippen LogP) is 2.16. The number of hydrogen-bond donors (Lipinski definition) is 1. The van der Waals surface area contributed by atoms with Gasteiger partial charge in [-0.15, -0.1) is 11.3 Å². The zero-order valence-corrected chi connectivity index (χ0v) is 12.3. The Morgan fingerprint density at radius 1 is 1.33 bits per heavy atom. The first-order valence-corrected chi connectivity index (χ1v) is 8.58. The lowest BCUT2D eigenvalue weighted by atomic mass is 9.96. The molecule has 6 heteroatoms. The van der Waals surface area contributed by atoms with E-state index in [1.54, 1.807) is 23.5 Å². The summed E-state index contributed by atoms with van der Waals surface area (Å²) in [5, 5.41) is 0. The van der Waals surface area contributed by atoms with Crippen molar-refractivity contribution in [3.05, 3.63) is 17.0 Å². The smallest absolute Gasteiger partial charge is 0.252 e. The molecule has 1 aromatic rings. The molecule has 1 fully saturated rings. The average molecular weight is 288 g/mol. The summed E-state index contributed by atoms with van der Waals surface area (Å²) in [4.78, 5) is 0.908. The van der Waals surface area contributed by atoms with E-state index in [0.29, 0.717) is 10.8 Å². The molecule has 1 aromatic heterocycles. The van der Waals surface area contributed by atoms with Crippen LogP contribution >= 0.6 is 11.3 Å². The van der Waals surface area contributed by atoms with Crippen LogP contribution in [0.1, 0.15) is 37.0 Å². The molecule has 1 saturated carbocycles. The molecule has 0 bridgehead atoms. The molecule has 0 aromatic carbocycles. The highest BCUT2D eigenvalue weighted by atomic mass is 32.2. The first kappa shape index (κ1) is 14.0. The van der Waals surface area contributed by atoms with Gasteiger partial charge in [0.2, 0.25) is 0 Å².